The molecule has 1 aliphatic heterocycles. The molecular weight excluding hydrogens is 216 g/mol. The van der Waals surface area contributed by atoms with Gasteiger partial charge in [0.1, 0.15) is 5.65 Å². The van der Waals surface area contributed by atoms with Gasteiger partial charge in [0.25, 0.3) is 0 Å². The maximum absolute atomic E-state index is 6.22. The summed E-state index contributed by atoms with van der Waals surface area (Å²) in [6, 6.07) is 1.89. The number of ether oxygens (including phenoxy) is 2. The van der Waals surface area contributed by atoms with Crippen LogP contribution in [0.25, 0.3) is 11.0 Å². The fourth-order valence-electron chi connectivity index (χ4n) is 1.66. The molecule has 1 fully saturated rings. The lowest BCUT2D eigenvalue weighted by Gasteiger charge is -2.34. The van der Waals surface area contributed by atoms with Gasteiger partial charge in [0.15, 0.2) is 12.6 Å². The van der Waals surface area contributed by atoms with Gasteiger partial charge in [0.2, 0.25) is 0 Å². The molecule has 0 aliphatic carbocycles. The number of fused-ring (bicyclic) bond motifs is 1. The van der Waals surface area contributed by atoms with Gasteiger partial charge in [-0.25, -0.2) is 4.98 Å². The SMILES string of the molecule is CC1OC(c2cnc3[nH]ccc3c2Cl)O1. The summed E-state index contributed by atoms with van der Waals surface area (Å²) in [4.78, 5) is 7.22. The van der Waals surface area contributed by atoms with E-state index in [1.807, 2.05) is 13.0 Å². The number of hydrogen-bond donors (Lipinski definition) is 1. The van der Waals surface area contributed by atoms with Crippen molar-refractivity contribution in [2.24, 2.45) is 0 Å². The Morgan fingerprint density at radius 3 is 3.00 bits per heavy atom. The Kier molecular flexibility index (Phi) is 1.95. The standard InChI is InChI=1S/C10H9ClN2O2/c1-5-14-10(15-5)7-4-13-9-6(8(7)11)2-3-12-9/h2-5,10H,1H3,(H,12,13). The van der Waals surface area contributed by atoms with Crippen LogP contribution in [-0.2, 0) is 9.47 Å². The average molecular weight is 225 g/mol. The van der Waals surface area contributed by atoms with Gasteiger partial charge >= 0.3 is 0 Å². The first-order valence-electron chi connectivity index (χ1n) is 4.68. The summed E-state index contributed by atoms with van der Waals surface area (Å²) in [5, 5.41) is 1.53. The predicted octanol–water partition coefficient (Wildman–Crippen LogP) is 2.61. The van der Waals surface area contributed by atoms with Crippen LogP contribution < -0.4 is 0 Å². The fourth-order valence-corrected chi connectivity index (χ4v) is 1.95. The number of rotatable bonds is 1. The van der Waals surface area contributed by atoms with Gasteiger partial charge in [-0.05, 0) is 13.0 Å². The van der Waals surface area contributed by atoms with Crippen molar-refractivity contribution in [3.63, 3.8) is 0 Å². The van der Waals surface area contributed by atoms with E-state index in [0.717, 1.165) is 16.6 Å². The van der Waals surface area contributed by atoms with Gasteiger partial charge < -0.3 is 14.5 Å². The van der Waals surface area contributed by atoms with Crippen LogP contribution in [0.1, 0.15) is 18.8 Å². The van der Waals surface area contributed by atoms with E-state index >= 15 is 0 Å². The number of nitrogens with one attached hydrogen (secondary N) is 1. The molecule has 0 amide bonds. The molecule has 2 aromatic rings. The number of aromatic nitrogens is 2. The van der Waals surface area contributed by atoms with Crippen molar-refractivity contribution < 1.29 is 9.47 Å². The molecule has 0 radical (unpaired) electrons. The highest BCUT2D eigenvalue weighted by molar-refractivity contribution is 6.36. The van der Waals surface area contributed by atoms with Crippen molar-refractivity contribution in [1.82, 2.24) is 9.97 Å². The van der Waals surface area contributed by atoms with Crippen molar-refractivity contribution in [3.05, 3.63) is 29.0 Å². The lowest BCUT2D eigenvalue weighted by Crippen LogP contribution is -2.31. The second-order valence-corrected chi connectivity index (χ2v) is 3.82. The molecule has 15 heavy (non-hydrogen) atoms. The van der Waals surface area contributed by atoms with Gasteiger partial charge in [0, 0.05) is 23.3 Å². The maximum Gasteiger partial charge on any atom is 0.192 e. The number of aromatic amines is 1. The lowest BCUT2D eigenvalue weighted by molar-refractivity contribution is -0.382. The summed E-state index contributed by atoms with van der Waals surface area (Å²) in [6.07, 6.45) is 2.95. The van der Waals surface area contributed by atoms with E-state index in [-0.39, 0.29) is 12.6 Å². The van der Waals surface area contributed by atoms with Gasteiger partial charge in [-0.1, -0.05) is 11.6 Å². The van der Waals surface area contributed by atoms with Gasteiger partial charge in [0.05, 0.1) is 5.02 Å². The van der Waals surface area contributed by atoms with Crippen molar-refractivity contribution in [2.75, 3.05) is 0 Å². The Bertz CT molecular complexity index is 505. The summed E-state index contributed by atoms with van der Waals surface area (Å²) in [5.41, 5.74) is 1.55. The molecule has 1 aliphatic rings. The van der Waals surface area contributed by atoms with Crippen LogP contribution in [-0.4, -0.2) is 16.3 Å². The molecule has 2 aromatic heterocycles. The zero-order valence-corrected chi connectivity index (χ0v) is 8.78. The number of H-pyrrole nitrogens is 1. The van der Waals surface area contributed by atoms with Crippen LogP contribution in [0.4, 0.5) is 0 Å². The Morgan fingerprint density at radius 2 is 2.27 bits per heavy atom. The lowest BCUT2D eigenvalue weighted by atomic mass is 10.2. The molecule has 78 valence electrons. The number of nitrogens with zero attached hydrogens (tertiary/aromatic N) is 1. The minimum absolute atomic E-state index is 0.159. The summed E-state index contributed by atoms with van der Waals surface area (Å²) in [5.74, 6) is 0. The molecule has 0 spiro atoms. The van der Waals surface area contributed by atoms with E-state index in [4.69, 9.17) is 21.1 Å². The van der Waals surface area contributed by atoms with Gasteiger partial charge in [-0.2, -0.15) is 0 Å². The number of pyridine rings is 1. The molecule has 3 heterocycles. The predicted molar refractivity (Wildman–Crippen MR) is 55.5 cm³/mol. The first kappa shape index (κ1) is 9.15. The highest BCUT2D eigenvalue weighted by Gasteiger charge is 2.31. The van der Waals surface area contributed by atoms with Crippen LogP contribution in [0, 0.1) is 0 Å². The second kappa shape index (κ2) is 3.20. The van der Waals surface area contributed by atoms with Gasteiger partial charge in [-0.15, -0.1) is 0 Å². The molecule has 0 aromatic carbocycles. The highest BCUT2D eigenvalue weighted by Crippen LogP contribution is 2.37. The molecule has 5 heteroatoms. The monoisotopic (exact) mass is 224 g/mol. The fraction of sp³-hybridized carbons (Fsp3) is 0.300. The topological polar surface area (TPSA) is 47.1 Å². The number of hydrogen-bond acceptors (Lipinski definition) is 3. The van der Waals surface area contributed by atoms with E-state index < -0.39 is 0 Å². The largest absolute Gasteiger partial charge is 0.346 e. The molecule has 4 nitrogen and oxygen atoms in total. The minimum atomic E-state index is -0.376. The first-order chi connectivity index (χ1) is 7.25. The van der Waals surface area contributed by atoms with E-state index in [2.05, 4.69) is 9.97 Å². The van der Waals surface area contributed by atoms with E-state index in [0.29, 0.717) is 5.02 Å². The molecule has 0 unspecified atom stereocenters. The Morgan fingerprint density at radius 1 is 1.47 bits per heavy atom. The molecule has 1 N–H and O–H groups in total. The number of halogens is 1. The van der Waals surface area contributed by atoms with Crippen LogP contribution in [0.15, 0.2) is 18.5 Å². The molecule has 0 saturated carbocycles. The van der Waals surface area contributed by atoms with Crippen molar-refractivity contribution >= 4 is 22.6 Å². The Labute approximate surface area is 91.2 Å². The van der Waals surface area contributed by atoms with Crippen LogP contribution in [0.2, 0.25) is 5.02 Å². The third-order valence-electron chi connectivity index (χ3n) is 2.43. The molecule has 3 rings (SSSR count). The van der Waals surface area contributed by atoms with E-state index in [1.165, 1.54) is 0 Å². The summed E-state index contributed by atoms with van der Waals surface area (Å²) in [6.45, 7) is 1.84. The second-order valence-electron chi connectivity index (χ2n) is 3.44. The average Bonchev–Trinajstić information content (AvgIpc) is 2.63. The van der Waals surface area contributed by atoms with Crippen LogP contribution in [0.3, 0.4) is 0 Å². The van der Waals surface area contributed by atoms with Gasteiger partial charge in [-0.3, -0.25) is 0 Å². The molecular formula is C10H9ClN2O2. The van der Waals surface area contributed by atoms with Crippen molar-refractivity contribution in [2.45, 2.75) is 19.5 Å². The Balaban J connectivity index is 2.07. The normalized spacial score (nSPS) is 25.5. The molecule has 1 saturated heterocycles. The van der Waals surface area contributed by atoms with Crippen LogP contribution >= 0.6 is 11.6 Å². The Hall–Kier alpha value is -1.10. The first-order valence-corrected chi connectivity index (χ1v) is 5.06. The highest BCUT2D eigenvalue weighted by atomic mass is 35.5. The smallest absolute Gasteiger partial charge is 0.192 e. The third-order valence-corrected chi connectivity index (χ3v) is 2.85. The minimum Gasteiger partial charge on any atom is -0.346 e. The zero-order valence-electron chi connectivity index (χ0n) is 8.03. The summed E-state index contributed by atoms with van der Waals surface area (Å²) >= 11 is 6.22. The summed E-state index contributed by atoms with van der Waals surface area (Å²) < 4.78 is 10.7. The molecule has 0 bridgehead atoms. The van der Waals surface area contributed by atoms with E-state index in [9.17, 15) is 0 Å². The van der Waals surface area contributed by atoms with Crippen molar-refractivity contribution in [3.8, 4) is 0 Å². The maximum atomic E-state index is 6.22. The summed E-state index contributed by atoms with van der Waals surface area (Å²) in [7, 11) is 0. The van der Waals surface area contributed by atoms with Crippen LogP contribution in [0.5, 0.6) is 0 Å². The van der Waals surface area contributed by atoms with Crippen molar-refractivity contribution in [1.29, 1.82) is 0 Å². The van der Waals surface area contributed by atoms with E-state index in [1.54, 1.807) is 12.4 Å². The molecule has 0 atom stereocenters. The quantitative estimate of drug-likeness (QED) is 0.810. The third kappa shape index (κ3) is 1.33. The zero-order chi connectivity index (χ0) is 10.4.